The Hall–Kier alpha value is 0.300. The van der Waals surface area contributed by atoms with E-state index in [1.54, 1.807) is 0 Å². The minimum atomic E-state index is -0.0814. The summed E-state index contributed by atoms with van der Waals surface area (Å²) in [5.41, 5.74) is 0. The van der Waals surface area contributed by atoms with Gasteiger partial charge in [0.2, 0.25) is 5.91 Å². The zero-order chi connectivity index (χ0) is 9.56. The van der Waals surface area contributed by atoms with Crippen molar-refractivity contribution < 1.29 is 4.79 Å². The van der Waals surface area contributed by atoms with Crippen molar-refractivity contribution in [1.29, 1.82) is 0 Å². The molecule has 12 heavy (non-hydrogen) atoms. The molecule has 0 aromatic heterocycles. The van der Waals surface area contributed by atoms with Gasteiger partial charge in [-0.05, 0) is 19.6 Å². The minimum absolute atomic E-state index is 0.0725. The van der Waals surface area contributed by atoms with Gasteiger partial charge >= 0.3 is 0 Å². The summed E-state index contributed by atoms with van der Waals surface area (Å²) < 4.78 is 0. The molecule has 1 amide bonds. The fraction of sp³-hybridized carbons (Fsp3) is 0.875. The van der Waals surface area contributed by atoms with Gasteiger partial charge in [0.05, 0.1) is 4.83 Å². The molecule has 2 unspecified atom stereocenters. The van der Waals surface area contributed by atoms with Crippen molar-refractivity contribution in [2.45, 2.75) is 30.3 Å². The molecule has 0 radical (unpaired) electrons. The average Bonchev–Trinajstić information content (AvgIpc) is 2.03. The summed E-state index contributed by atoms with van der Waals surface area (Å²) in [5, 5.41) is 3.47. The van der Waals surface area contributed by atoms with E-state index in [4.69, 9.17) is 0 Å². The SMILES string of the molecule is CSC(C)CCNC(=O)C(C)Br. The third-order valence-corrected chi connectivity index (χ3v) is 3.07. The number of carbonyl (C=O) groups is 1. The van der Waals surface area contributed by atoms with Crippen LogP contribution in [0, 0.1) is 0 Å². The quantitative estimate of drug-likeness (QED) is 0.760. The molecule has 0 bridgehead atoms. The predicted octanol–water partition coefficient (Wildman–Crippen LogP) is 2.03. The van der Waals surface area contributed by atoms with Crippen molar-refractivity contribution in [3.8, 4) is 0 Å². The second-order valence-corrected chi connectivity index (χ2v) is 5.39. The highest BCUT2D eigenvalue weighted by Gasteiger charge is 2.07. The van der Waals surface area contributed by atoms with Crippen LogP contribution in [-0.4, -0.2) is 28.8 Å². The van der Waals surface area contributed by atoms with Crippen molar-refractivity contribution in [2.24, 2.45) is 0 Å². The van der Waals surface area contributed by atoms with E-state index in [0.717, 1.165) is 13.0 Å². The Morgan fingerprint density at radius 1 is 1.58 bits per heavy atom. The zero-order valence-corrected chi connectivity index (χ0v) is 10.2. The topological polar surface area (TPSA) is 29.1 Å². The lowest BCUT2D eigenvalue weighted by Crippen LogP contribution is -2.31. The van der Waals surface area contributed by atoms with E-state index >= 15 is 0 Å². The smallest absolute Gasteiger partial charge is 0.233 e. The molecule has 4 heteroatoms. The highest BCUT2D eigenvalue weighted by molar-refractivity contribution is 9.10. The lowest BCUT2D eigenvalue weighted by Gasteiger charge is -2.09. The molecule has 72 valence electrons. The molecular weight excluding hydrogens is 238 g/mol. The zero-order valence-electron chi connectivity index (χ0n) is 7.76. The van der Waals surface area contributed by atoms with Gasteiger partial charge in [-0.25, -0.2) is 0 Å². The van der Waals surface area contributed by atoms with E-state index in [1.807, 2.05) is 18.7 Å². The van der Waals surface area contributed by atoms with E-state index in [0.29, 0.717) is 5.25 Å². The van der Waals surface area contributed by atoms with E-state index in [2.05, 4.69) is 34.4 Å². The normalized spacial score (nSPS) is 15.3. The molecule has 0 saturated carbocycles. The molecule has 0 spiro atoms. The van der Waals surface area contributed by atoms with Crippen LogP contribution in [0.3, 0.4) is 0 Å². The highest BCUT2D eigenvalue weighted by Crippen LogP contribution is 2.08. The number of hydrogen-bond donors (Lipinski definition) is 1. The van der Waals surface area contributed by atoms with Crippen LogP contribution in [0.15, 0.2) is 0 Å². The van der Waals surface area contributed by atoms with Crippen LogP contribution in [0.25, 0.3) is 0 Å². The van der Waals surface area contributed by atoms with Gasteiger partial charge in [-0.3, -0.25) is 4.79 Å². The predicted molar refractivity (Wildman–Crippen MR) is 59.0 cm³/mol. The summed E-state index contributed by atoms with van der Waals surface area (Å²) in [4.78, 5) is 11.0. The number of rotatable bonds is 5. The molecule has 0 aliphatic heterocycles. The maximum absolute atomic E-state index is 11.0. The Kier molecular flexibility index (Phi) is 6.95. The molecule has 2 nitrogen and oxygen atoms in total. The van der Waals surface area contributed by atoms with E-state index in [1.165, 1.54) is 0 Å². The van der Waals surface area contributed by atoms with Gasteiger partial charge in [0.15, 0.2) is 0 Å². The Morgan fingerprint density at radius 3 is 2.58 bits per heavy atom. The van der Waals surface area contributed by atoms with Gasteiger partial charge in [-0.2, -0.15) is 11.8 Å². The number of hydrogen-bond acceptors (Lipinski definition) is 2. The van der Waals surface area contributed by atoms with Gasteiger partial charge < -0.3 is 5.32 Å². The molecule has 2 atom stereocenters. The average molecular weight is 254 g/mol. The van der Waals surface area contributed by atoms with Crippen molar-refractivity contribution in [1.82, 2.24) is 5.32 Å². The molecule has 0 aromatic carbocycles. The molecular formula is C8H16BrNOS. The van der Waals surface area contributed by atoms with Gasteiger partial charge in [0.25, 0.3) is 0 Å². The van der Waals surface area contributed by atoms with Crippen LogP contribution in [0.5, 0.6) is 0 Å². The maximum atomic E-state index is 11.0. The van der Waals surface area contributed by atoms with Crippen LogP contribution < -0.4 is 5.32 Å². The minimum Gasteiger partial charge on any atom is -0.355 e. The second-order valence-electron chi connectivity index (χ2n) is 2.74. The number of thioether (sulfide) groups is 1. The highest BCUT2D eigenvalue weighted by atomic mass is 79.9. The van der Waals surface area contributed by atoms with E-state index in [9.17, 15) is 4.79 Å². The molecule has 0 fully saturated rings. The summed E-state index contributed by atoms with van der Waals surface area (Å²) in [5.74, 6) is 0.0725. The fourth-order valence-corrected chi connectivity index (χ4v) is 1.17. The van der Waals surface area contributed by atoms with Crippen LogP contribution in [0.2, 0.25) is 0 Å². The Bertz CT molecular complexity index is 141. The lowest BCUT2D eigenvalue weighted by molar-refractivity contribution is -0.120. The first-order valence-corrected chi connectivity index (χ1v) is 6.23. The standard InChI is InChI=1S/C8H16BrNOS/c1-6(12-3)4-5-10-8(11)7(2)9/h6-7H,4-5H2,1-3H3,(H,10,11). The Labute approximate surface area is 87.0 Å². The third kappa shape index (κ3) is 5.89. The fourth-order valence-electron chi connectivity index (χ4n) is 0.657. The summed E-state index contributed by atoms with van der Waals surface area (Å²) in [6, 6.07) is 0. The first kappa shape index (κ1) is 12.3. The van der Waals surface area contributed by atoms with E-state index < -0.39 is 0 Å². The lowest BCUT2D eigenvalue weighted by atomic mass is 10.3. The van der Waals surface area contributed by atoms with Gasteiger partial charge in [0, 0.05) is 11.8 Å². The van der Waals surface area contributed by atoms with Crippen molar-refractivity contribution in [3.63, 3.8) is 0 Å². The van der Waals surface area contributed by atoms with Crippen LogP contribution in [0.4, 0.5) is 0 Å². The van der Waals surface area contributed by atoms with Gasteiger partial charge in [0.1, 0.15) is 0 Å². The van der Waals surface area contributed by atoms with Crippen LogP contribution in [0.1, 0.15) is 20.3 Å². The molecule has 0 rings (SSSR count). The monoisotopic (exact) mass is 253 g/mol. The number of amides is 1. The first-order valence-electron chi connectivity index (χ1n) is 4.02. The second kappa shape index (κ2) is 6.78. The molecule has 0 aliphatic rings. The summed E-state index contributed by atoms with van der Waals surface area (Å²) >= 11 is 5.03. The molecule has 0 heterocycles. The molecule has 0 aromatic rings. The largest absolute Gasteiger partial charge is 0.355 e. The number of carbonyl (C=O) groups excluding carboxylic acids is 1. The summed E-state index contributed by atoms with van der Waals surface area (Å²) in [6.45, 7) is 4.76. The van der Waals surface area contributed by atoms with Crippen molar-refractivity contribution in [3.05, 3.63) is 0 Å². The summed E-state index contributed by atoms with van der Waals surface area (Å²) in [6.07, 6.45) is 3.12. The number of nitrogens with one attached hydrogen (secondary N) is 1. The Balaban J connectivity index is 3.37. The summed E-state index contributed by atoms with van der Waals surface area (Å²) in [7, 11) is 0. The van der Waals surface area contributed by atoms with Gasteiger partial charge in [-0.15, -0.1) is 0 Å². The first-order chi connectivity index (χ1) is 5.57. The number of alkyl halides is 1. The van der Waals surface area contributed by atoms with Crippen molar-refractivity contribution >= 4 is 33.6 Å². The van der Waals surface area contributed by atoms with Gasteiger partial charge in [-0.1, -0.05) is 22.9 Å². The molecule has 0 aliphatic carbocycles. The van der Waals surface area contributed by atoms with Crippen LogP contribution in [-0.2, 0) is 4.79 Å². The molecule has 0 saturated heterocycles. The molecule has 1 N–H and O–H groups in total. The third-order valence-electron chi connectivity index (χ3n) is 1.61. The van der Waals surface area contributed by atoms with Crippen molar-refractivity contribution in [2.75, 3.05) is 12.8 Å². The van der Waals surface area contributed by atoms with E-state index in [-0.39, 0.29) is 10.7 Å². The maximum Gasteiger partial charge on any atom is 0.233 e. The van der Waals surface area contributed by atoms with Crippen LogP contribution >= 0.6 is 27.7 Å². The number of halogens is 1. The Morgan fingerprint density at radius 2 is 2.17 bits per heavy atom.